The van der Waals surface area contributed by atoms with E-state index in [4.69, 9.17) is 9.47 Å². The van der Waals surface area contributed by atoms with Crippen molar-refractivity contribution in [3.8, 4) is 11.5 Å². The number of hydrogen-bond donors (Lipinski definition) is 2. The predicted molar refractivity (Wildman–Crippen MR) is 89.6 cm³/mol. The van der Waals surface area contributed by atoms with E-state index in [1.54, 1.807) is 24.3 Å². The molecule has 0 radical (unpaired) electrons. The minimum absolute atomic E-state index is 0.195. The summed E-state index contributed by atoms with van der Waals surface area (Å²) < 4.78 is 10.5. The molecule has 1 amide bonds. The van der Waals surface area contributed by atoms with E-state index in [0.29, 0.717) is 23.0 Å². The quantitative estimate of drug-likeness (QED) is 0.829. The van der Waals surface area contributed by atoms with E-state index < -0.39 is 0 Å². The van der Waals surface area contributed by atoms with Crippen molar-refractivity contribution in [2.24, 2.45) is 0 Å². The van der Waals surface area contributed by atoms with Crippen molar-refractivity contribution in [3.63, 3.8) is 0 Å². The monoisotopic (exact) mass is 329 g/mol. The van der Waals surface area contributed by atoms with Crippen LogP contribution in [-0.2, 0) is 0 Å². The zero-order chi connectivity index (χ0) is 16.9. The van der Waals surface area contributed by atoms with Crippen molar-refractivity contribution in [1.82, 2.24) is 14.9 Å². The number of nitrogens with zero attached hydrogens (tertiary/aromatic N) is 3. The maximum atomic E-state index is 12.3. The van der Waals surface area contributed by atoms with Crippen molar-refractivity contribution >= 4 is 17.4 Å². The van der Waals surface area contributed by atoms with Crippen LogP contribution < -0.4 is 20.1 Å². The van der Waals surface area contributed by atoms with Gasteiger partial charge in [-0.1, -0.05) is 0 Å². The summed E-state index contributed by atoms with van der Waals surface area (Å²) >= 11 is 0. The van der Waals surface area contributed by atoms with Gasteiger partial charge in [-0.05, 0) is 26.2 Å². The zero-order valence-corrected chi connectivity index (χ0v) is 13.6. The van der Waals surface area contributed by atoms with Crippen LogP contribution in [0.3, 0.4) is 0 Å². The first kappa shape index (κ1) is 16.0. The molecule has 1 aromatic heterocycles. The number of benzene rings is 1. The van der Waals surface area contributed by atoms with E-state index in [2.05, 4.69) is 25.5 Å². The van der Waals surface area contributed by atoms with Crippen molar-refractivity contribution in [2.75, 3.05) is 44.6 Å². The fraction of sp³-hybridized carbons (Fsp3) is 0.312. The third-order valence-corrected chi connectivity index (χ3v) is 3.40. The van der Waals surface area contributed by atoms with Gasteiger partial charge < -0.3 is 25.0 Å². The SMILES string of the molecule is CN(C)CCNc1cc(C(=O)Nc2ccc3c(c2)OCO3)ncn1. The smallest absolute Gasteiger partial charge is 0.274 e. The molecule has 2 aromatic rings. The van der Waals surface area contributed by atoms with Crippen LogP contribution in [0.1, 0.15) is 10.5 Å². The van der Waals surface area contributed by atoms with E-state index >= 15 is 0 Å². The molecule has 0 saturated carbocycles. The highest BCUT2D eigenvalue weighted by molar-refractivity contribution is 6.03. The minimum Gasteiger partial charge on any atom is -0.454 e. The molecule has 0 aliphatic carbocycles. The lowest BCUT2D eigenvalue weighted by Crippen LogP contribution is -2.21. The van der Waals surface area contributed by atoms with Crippen LogP contribution in [0.25, 0.3) is 0 Å². The number of anilines is 2. The Kier molecular flexibility index (Phi) is 4.76. The van der Waals surface area contributed by atoms with Crippen LogP contribution >= 0.6 is 0 Å². The lowest BCUT2D eigenvalue weighted by molar-refractivity contribution is 0.102. The maximum absolute atomic E-state index is 12.3. The first-order valence-electron chi connectivity index (χ1n) is 7.53. The van der Waals surface area contributed by atoms with Gasteiger partial charge in [-0.3, -0.25) is 4.79 Å². The first-order chi connectivity index (χ1) is 11.6. The summed E-state index contributed by atoms with van der Waals surface area (Å²) in [5, 5.41) is 5.95. The lowest BCUT2D eigenvalue weighted by atomic mass is 10.2. The fourth-order valence-corrected chi connectivity index (χ4v) is 2.16. The standard InChI is InChI=1S/C16H19N5O3/c1-21(2)6-5-17-15-8-12(18-9-19-15)16(22)20-11-3-4-13-14(7-11)24-10-23-13/h3-4,7-9H,5-6,10H2,1-2H3,(H,20,22)(H,17,18,19). The molecule has 3 rings (SSSR count). The number of fused-ring (bicyclic) bond motifs is 1. The van der Waals surface area contributed by atoms with Crippen molar-refractivity contribution in [2.45, 2.75) is 0 Å². The molecule has 1 aliphatic rings. The number of rotatable bonds is 6. The van der Waals surface area contributed by atoms with Crippen LogP contribution in [-0.4, -0.2) is 54.8 Å². The Morgan fingerprint density at radius 1 is 1.21 bits per heavy atom. The van der Waals surface area contributed by atoms with Crippen molar-refractivity contribution in [3.05, 3.63) is 36.3 Å². The highest BCUT2D eigenvalue weighted by Crippen LogP contribution is 2.34. The van der Waals surface area contributed by atoms with Gasteiger partial charge in [0.25, 0.3) is 5.91 Å². The Morgan fingerprint density at radius 2 is 2.04 bits per heavy atom. The second-order valence-electron chi connectivity index (χ2n) is 5.54. The molecule has 0 unspecified atom stereocenters. The molecule has 126 valence electrons. The summed E-state index contributed by atoms with van der Waals surface area (Å²) in [7, 11) is 3.98. The Labute approximate surface area is 139 Å². The van der Waals surface area contributed by atoms with Crippen LogP contribution in [0.2, 0.25) is 0 Å². The Bertz CT molecular complexity index is 735. The largest absolute Gasteiger partial charge is 0.454 e. The van der Waals surface area contributed by atoms with Gasteiger partial charge in [-0.2, -0.15) is 0 Å². The molecule has 0 fully saturated rings. The second-order valence-corrected chi connectivity index (χ2v) is 5.54. The summed E-state index contributed by atoms with van der Waals surface area (Å²) in [6.07, 6.45) is 1.37. The minimum atomic E-state index is -0.313. The van der Waals surface area contributed by atoms with Gasteiger partial charge in [0.15, 0.2) is 11.5 Å². The van der Waals surface area contributed by atoms with Crippen LogP contribution in [0.5, 0.6) is 11.5 Å². The van der Waals surface area contributed by atoms with Gasteiger partial charge in [0.1, 0.15) is 17.8 Å². The van der Waals surface area contributed by atoms with E-state index in [9.17, 15) is 4.79 Å². The van der Waals surface area contributed by atoms with Crippen molar-refractivity contribution in [1.29, 1.82) is 0 Å². The van der Waals surface area contributed by atoms with Crippen LogP contribution in [0, 0.1) is 0 Å². The summed E-state index contributed by atoms with van der Waals surface area (Å²) in [5.74, 6) is 1.58. The molecule has 2 N–H and O–H groups in total. The van der Waals surface area contributed by atoms with Gasteiger partial charge >= 0.3 is 0 Å². The maximum Gasteiger partial charge on any atom is 0.274 e. The molecule has 24 heavy (non-hydrogen) atoms. The van der Waals surface area contributed by atoms with Crippen LogP contribution in [0.4, 0.5) is 11.5 Å². The number of ether oxygens (including phenoxy) is 2. The van der Waals surface area contributed by atoms with Gasteiger partial charge in [-0.15, -0.1) is 0 Å². The topological polar surface area (TPSA) is 88.6 Å². The summed E-state index contributed by atoms with van der Waals surface area (Å²) in [4.78, 5) is 22.5. The molecule has 1 aliphatic heterocycles. The first-order valence-corrected chi connectivity index (χ1v) is 7.53. The molecule has 0 bridgehead atoms. The summed E-state index contributed by atoms with van der Waals surface area (Å²) in [6.45, 7) is 1.79. The summed E-state index contributed by atoms with van der Waals surface area (Å²) in [6, 6.07) is 6.85. The van der Waals surface area contributed by atoms with Crippen LogP contribution in [0.15, 0.2) is 30.6 Å². The molecule has 8 nitrogen and oxygen atoms in total. The normalized spacial score (nSPS) is 12.3. The van der Waals surface area contributed by atoms with E-state index in [-0.39, 0.29) is 18.4 Å². The third kappa shape index (κ3) is 3.90. The Morgan fingerprint density at radius 3 is 2.88 bits per heavy atom. The fourth-order valence-electron chi connectivity index (χ4n) is 2.16. The highest BCUT2D eigenvalue weighted by atomic mass is 16.7. The second kappa shape index (κ2) is 7.14. The Hall–Kier alpha value is -2.87. The van der Waals surface area contributed by atoms with E-state index in [0.717, 1.165) is 13.1 Å². The van der Waals surface area contributed by atoms with Gasteiger partial charge in [-0.25, -0.2) is 9.97 Å². The molecule has 2 heterocycles. The van der Waals surface area contributed by atoms with Crippen molar-refractivity contribution < 1.29 is 14.3 Å². The molecule has 0 saturated heterocycles. The summed E-state index contributed by atoms with van der Waals surface area (Å²) in [5.41, 5.74) is 0.903. The predicted octanol–water partition coefficient (Wildman–Crippen LogP) is 1.43. The molecule has 0 spiro atoms. The number of carbonyl (C=O) groups excluding carboxylic acids is 1. The van der Waals surface area contributed by atoms with E-state index in [1.165, 1.54) is 6.33 Å². The van der Waals surface area contributed by atoms with Gasteiger partial charge in [0.05, 0.1) is 0 Å². The van der Waals surface area contributed by atoms with E-state index in [1.807, 2.05) is 14.1 Å². The highest BCUT2D eigenvalue weighted by Gasteiger charge is 2.15. The van der Waals surface area contributed by atoms with Gasteiger partial charge in [0, 0.05) is 30.9 Å². The zero-order valence-electron chi connectivity index (χ0n) is 13.6. The molecular weight excluding hydrogens is 310 g/mol. The number of amides is 1. The lowest BCUT2D eigenvalue weighted by Gasteiger charge is -2.11. The Balaban J connectivity index is 1.64. The molecular formula is C16H19N5O3. The average Bonchev–Trinajstić information content (AvgIpc) is 3.02. The number of nitrogens with one attached hydrogen (secondary N) is 2. The van der Waals surface area contributed by atoms with Gasteiger partial charge in [0.2, 0.25) is 6.79 Å². The molecule has 1 aromatic carbocycles. The number of carbonyl (C=O) groups is 1. The number of hydrogen-bond acceptors (Lipinski definition) is 7. The third-order valence-electron chi connectivity index (χ3n) is 3.40. The average molecular weight is 329 g/mol. The molecule has 8 heteroatoms. The molecule has 0 atom stereocenters. The number of aromatic nitrogens is 2. The number of likely N-dealkylation sites (N-methyl/N-ethyl adjacent to an activating group) is 1.